The maximum Gasteiger partial charge on any atom is 0.342 e. The molecular weight excluding hydrogens is 382 g/mol. The van der Waals surface area contributed by atoms with Gasteiger partial charge in [0.15, 0.2) is 0 Å². The standard InChI is InChI=1S/C24H19NO3S/c26-24(28-16-20-17-29-23(25-20)19-11-5-2-6-12-19)21-13-7-8-14-22(21)27-15-18-9-3-1-4-10-18/h1-14,17H,15-16H2. The molecule has 0 atom stereocenters. The maximum atomic E-state index is 12.6. The number of para-hydroxylation sites is 1. The molecule has 1 heterocycles. The molecule has 0 amide bonds. The summed E-state index contributed by atoms with van der Waals surface area (Å²) < 4.78 is 11.3. The Kier molecular flexibility index (Phi) is 5.98. The average Bonchev–Trinajstić information content (AvgIpc) is 3.27. The van der Waals surface area contributed by atoms with Crippen LogP contribution in [-0.2, 0) is 18.0 Å². The highest BCUT2D eigenvalue weighted by Crippen LogP contribution is 2.24. The van der Waals surface area contributed by atoms with Crippen LogP contribution in [0.4, 0.5) is 0 Å². The first-order chi connectivity index (χ1) is 14.3. The van der Waals surface area contributed by atoms with Crippen LogP contribution in [0.1, 0.15) is 21.6 Å². The van der Waals surface area contributed by atoms with Crippen LogP contribution in [0.2, 0.25) is 0 Å². The van der Waals surface area contributed by atoms with Crippen molar-refractivity contribution in [3.05, 3.63) is 107 Å². The summed E-state index contributed by atoms with van der Waals surface area (Å²) in [7, 11) is 0. The second-order valence-electron chi connectivity index (χ2n) is 6.36. The molecule has 1 aromatic heterocycles. The molecule has 144 valence electrons. The van der Waals surface area contributed by atoms with Gasteiger partial charge in [0.1, 0.15) is 29.5 Å². The van der Waals surface area contributed by atoms with Gasteiger partial charge in [0.25, 0.3) is 0 Å². The Hall–Kier alpha value is -3.44. The Morgan fingerprint density at radius 1 is 0.828 bits per heavy atom. The Morgan fingerprint density at radius 2 is 1.52 bits per heavy atom. The molecule has 4 nitrogen and oxygen atoms in total. The topological polar surface area (TPSA) is 48.4 Å². The van der Waals surface area contributed by atoms with Crippen LogP contribution >= 0.6 is 11.3 Å². The molecule has 0 fully saturated rings. The zero-order chi connectivity index (χ0) is 19.9. The summed E-state index contributed by atoms with van der Waals surface area (Å²) in [5.41, 5.74) is 3.22. The maximum absolute atomic E-state index is 12.6. The normalized spacial score (nSPS) is 10.5. The fourth-order valence-electron chi connectivity index (χ4n) is 2.80. The van der Waals surface area contributed by atoms with Gasteiger partial charge < -0.3 is 9.47 Å². The van der Waals surface area contributed by atoms with Crippen LogP contribution in [0, 0.1) is 0 Å². The number of ether oxygens (including phenoxy) is 2. The second kappa shape index (κ2) is 9.17. The van der Waals surface area contributed by atoms with Gasteiger partial charge in [-0.05, 0) is 17.7 Å². The van der Waals surface area contributed by atoms with E-state index < -0.39 is 5.97 Å². The predicted octanol–water partition coefficient (Wildman–Crippen LogP) is 5.75. The van der Waals surface area contributed by atoms with Crippen LogP contribution in [-0.4, -0.2) is 11.0 Å². The molecular formula is C24H19NO3S. The number of carbonyl (C=O) groups is 1. The van der Waals surface area contributed by atoms with Gasteiger partial charge in [-0.2, -0.15) is 0 Å². The molecule has 0 bridgehead atoms. The van der Waals surface area contributed by atoms with E-state index in [0.29, 0.717) is 17.9 Å². The lowest BCUT2D eigenvalue weighted by Crippen LogP contribution is -2.08. The molecule has 0 spiro atoms. The highest BCUT2D eigenvalue weighted by Gasteiger charge is 2.15. The summed E-state index contributed by atoms with van der Waals surface area (Å²) in [6.45, 7) is 0.507. The van der Waals surface area contributed by atoms with E-state index in [0.717, 1.165) is 21.8 Å². The lowest BCUT2D eigenvalue weighted by molar-refractivity contribution is 0.0463. The second-order valence-corrected chi connectivity index (χ2v) is 7.21. The number of nitrogens with zero attached hydrogens (tertiary/aromatic N) is 1. The molecule has 0 aliphatic heterocycles. The van der Waals surface area contributed by atoms with Crippen molar-refractivity contribution in [1.82, 2.24) is 4.98 Å². The third kappa shape index (κ3) is 4.89. The van der Waals surface area contributed by atoms with Crippen molar-refractivity contribution in [2.45, 2.75) is 13.2 Å². The van der Waals surface area contributed by atoms with Gasteiger partial charge in [-0.1, -0.05) is 72.8 Å². The lowest BCUT2D eigenvalue weighted by atomic mass is 10.2. The van der Waals surface area contributed by atoms with E-state index in [2.05, 4.69) is 4.98 Å². The van der Waals surface area contributed by atoms with Crippen LogP contribution in [0.5, 0.6) is 5.75 Å². The van der Waals surface area contributed by atoms with E-state index in [4.69, 9.17) is 9.47 Å². The van der Waals surface area contributed by atoms with Crippen molar-refractivity contribution in [2.75, 3.05) is 0 Å². The van der Waals surface area contributed by atoms with E-state index in [-0.39, 0.29) is 6.61 Å². The minimum absolute atomic E-state index is 0.120. The number of carbonyl (C=O) groups excluding carboxylic acids is 1. The van der Waals surface area contributed by atoms with E-state index in [1.807, 2.05) is 72.1 Å². The van der Waals surface area contributed by atoms with Crippen LogP contribution in [0.15, 0.2) is 90.3 Å². The summed E-state index contributed by atoms with van der Waals surface area (Å²) >= 11 is 1.53. The van der Waals surface area contributed by atoms with Gasteiger partial charge in [-0.3, -0.25) is 0 Å². The van der Waals surface area contributed by atoms with E-state index in [9.17, 15) is 4.79 Å². The van der Waals surface area contributed by atoms with Gasteiger partial charge in [0.2, 0.25) is 0 Å². The summed E-state index contributed by atoms with van der Waals surface area (Å²) in [6, 6.07) is 26.9. The summed E-state index contributed by atoms with van der Waals surface area (Å²) in [5, 5.41) is 2.82. The molecule has 0 saturated heterocycles. The molecule has 4 rings (SSSR count). The summed E-state index contributed by atoms with van der Waals surface area (Å²) in [6.07, 6.45) is 0. The van der Waals surface area contributed by atoms with Gasteiger partial charge in [0.05, 0.1) is 5.69 Å². The van der Waals surface area contributed by atoms with Crippen molar-refractivity contribution >= 4 is 17.3 Å². The summed E-state index contributed by atoms with van der Waals surface area (Å²) in [5.74, 6) is 0.0764. The molecule has 0 aliphatic carbocycles. The third-order valence-corrected chi connectivity index (χ3v) is 5.21. The Morgan fingerprint density at radius 3 is 2.31 bits per heavy atom. The number of aromatic nitrogens is 1. The van der Waals surface area contributed by atoms with Crippen molar-refractivity contribution in [3.8, 4) is 16.3 Å². The Balaban J connectivity index is 1.39. The van der Waals surface area contributed by atoms with Crippen molar-refractivity contribution < 1.29 is 14.3 Å². The number of benzene rings is 3. The molecule has 29 heavy (non-hydrogen) atoms. The monoisotopic (exact) mass is 401 g/mol. The number of esters is 1. The van der Waals surface area contributed by atoms with Gasteiger partial charge in [-0.25, -0.2) is 9.78 Å². The van der Waals surface area contributed by atoms with Crippen LogP contribution < -0.4 is 4.74 Å². The number of thiazole rings is 1. The van der Waals surface area contributed by atoms with E-state index in [1.54, 1.807) is 18.2 Å². The van der Waals surface area contributed by atoms with Gasteiger partial charge in [-0.15, -0.1) is 11.3 Å². The Labute approximate surface area is 173 Å². The number of hydrogen-bond acceptors (Lipinski definition) is 5. The molecule has 0 N–H and O–H groups in total. The zero-order valence-corrected chi connectivity index (χ0v) is 16.5. The third-order valence-electron chi connectivity index (χ3n) is 4.27. The fraction of sp³-hybridized carbons (Fsp3) is 0.0833. The molecule has 0 unspecified atom stereocenters. The molecule has 5 heteroatoms. The van der Waals surface area contributed by atoms with Crippen molar-refractivity contribution in [1.29, 1.82) is 0 Å². The molecule has 4 aromatic rings. The molecule has 0 aliphatic rings. The summed E-state index contributed by atoms with van der Waals surface area (Å²) in [4.78, 5) is 17.2. The predicted molar refractivity (Wildman–Crippen MR) is 114 cm³/mol. The molecule has 0 radical (unpaired) electrons. The van der Waals surface area contributed by atoms with Gasteiger partial charge in [0, 0.05) is 10.9 Å². The fourth-order valence-corrected chi connectivity index (χ4v) is 3.61. The highest BCUT2D eigenvalue weighted by molar-refractivity contribution is 7.13. The van der Waals surface area contributed by atoms with Crippen LogP contribution in [0.25, 0.3) is 10.6 Å². The first-order valence-corrected chi connectivity index (χ1v) is 10.1. The Bertz CT molecular complexity index is 1080. The minimum atomic E-state index is -0.428. The van der Waals surface area contributed by atoms with E-state index >= 15 is 0 Å². The largest absolute Gasteiger partial charge is 0.488 e. The first-order valence-electron chi connectivity index (χ1n) is 9.22. The molecule has 3 aromatic carbocycles. The first kappa shape index (κ1) is 18.9. The minimum Gasteiger partial charge on any atom is -0.488 e. The van der Waals surface area contributed by atoms with Crippen molar-refractivity contribution in [3.63, 3.8) is 0 Å². The van der Waals surface area contributed by atoms with Crippen LogP contribution in [0.3, 0.4) is 0 Å². The van der Waals surface area contributed by atoms with Gasteiger partial charge >= 0.3 is 5.97 Å². The SMILES string of the molecule is O=C(OCc1csc(-c2ccccc2)n1)c1ccccc1OCc1ccccc1. The van der Waals surface area contributed by atoms with Crippen molar-refractivity contribution in [2.24, 2.45) is 0 Å². The zero-order valence-electron chi connectivity index (χ0n) is 15.7. The smallest absolute Gasteiger partial charge is 0.342 e. The highest BCUT2D eigenvalue weighted by atomic mass is 32.1. The average molecular weight is 401 g/mol. The number of rotatable bonds is 7. The quantitative estimate of drug-likeness (QED) is 0.370. The van der Waals surface area contributed by atoms with E-state index in [1.165, 1.54) is 11.3 Å². The number of hydrogen-bond donors (Lipinski definition) is 0. The lowest BCUT2D eigenvalue weighted by Gasteiger charge is -2.11. The molecule has 0 saturated carbocycles.